The van der Waals surface area contributed by atoms with Crippen molar-refractivity contribution in [1.29, 1.82) is 0 Å². The Kier molecular flexibility index (Phi) is 3.96. The van der Waals surface area contributed by atoms with Gasteiger partial charge in [-0.25, -0.2) is 4.98 Å². The zero-order valence-corrected chi connectivity index (χ0v) is 12.5. The molecule has 2 nitrogen and oxygen atoms in total. The van der Waals surface area contributed by atoms with Crippen molar-refractivity contribution in [3.63, 3.8) is 0 Å². The lowest BCUT2D eigenvalue weighted by Gasteiger charge is -2.33. The first-order chi connectivity index (χ1) is 9.24. The lowest BCUT2D eigenvalue weighted by atomic mass is 10.1. The molecule has 3 rings (SSSR count). The molecular weight excluding hydrogens is 276 g/mol. The van der Waals surface area contributed by atoms with E-state index in [0.29, 0.717) is 11.2 Å². The first-order valence-electron chi connectivity index (χ1n) is 6.60. The van der Waals surface area contributed by atoms with E-state index in [-0.39, 0.29) is 0 Å². The SMILES string of the molecule is CC1CSCCN1Cc1cc2ccccc2nc1Cl. The van der Waals surface area contributed by atoms with Crippen LogP contribution in [0.5, 0.6) is 0 Å². The largest absolute Gasteiger partial charge is 0.295 e. The maximum absolute atomic E-state index is 6.33. The highest BCUT2D eigenvalue weighted by Crippen LogP contribution is 2.24. The Balaban J connectivity index is 1.89. The minimum absolute atomic E-state index is 0.612. The first kappa shape index (κ1) is 13.2. The van der Waals surface area contributed by atoms with Gasteiger partial charge in [0.1, 0.15) is 5.15 Å². The summed E-state index contributed by atoms with van der Waals surface area (Å²) < 4.78 is 0. The van der Waals surface area contributed by atoms with Crippen LogP contribution >= 0.6 is 23.4 Å². The summed E-state index contributed by atoms with van der Waals surface area (Å²) in [6.45, 7) is 4.32. The quantitative estimate of drug-likeness (QED) is 0.783. The van der Waals surface area contributed by atoms with E-state index >= 15 is 0 Å². The second kappa shape index (κ2) is 5.70. The highest BCUT2D eigenvalue weighted by molar-refractivity contribution is 7.99. The smallest absolute Gasteiger partial charge is 0.134 e. The van der Waals surface area contributed by atoms with Gasteiger partial charge in [0.2, 0.25) is 0 Å². The van der Waals surface area contributed by atoms with Crippen molar-refractivity contribution >= 4 is 34.3 Å². The van der Waals surface area contributed by atoms with Crippen molar-refractivity contribution in [2.45, 2.75) is 19.5 Å². The maximum Gasteiger partial charge on any atom is 0.134 e. The van der Waals surface area contributed by atoms with E-state index in [1.807, 2.05) is 30.0 Å². The van der Waals surface area contributed by atoms with E-state index in [9.17, 15) is 0 Å². The average Bonchev–Trinajstić information content (AvgIpc) is 2.42. The topological polar surface area (TPSA) is 16.1 Å². The highest BCUT2D eigenvalue weighted by atomic mass is 35.5. The van der Waals surface area contributed by atoms with Gasteiger partial charge >= 0.3 is 0 Å². The fourth-order valence-electron chi connectivity index (χ4n) is 2.46. The molecule has 100 valence electrons. The molecule has 0 amide bonds. The number of rotatable bonds is 2. The summed E-state index contributed by atoms with van der Waals surface area (Å²) in [4.78, 5) is 6.99. The molecule has 0 spiro atoms. The van der Waals surface area contributed by atoms with Crippen LogP contribution in [-0.4, -0.2) is 34.0 Å². The van der Waals surface area contributed by atoms with Gasteiger partial charge < -0.3 is 0 Å². The highest BCUT2D eigenvalue weighted by Gasteiger charge is 2.19. The Labute approximate surface area is 123 Å². The Bertz CT molecular complexity index is 587. The van der Waals surface area contributed by atoms with Crippen LogP contribution in [0.25, 0.3) is 10.9 Å². The normalized spacial score (nSPS) is 20.8. The van der Waals surface area contributed by atoms with Gasteiger partial charge in [-0.05, 0) is 19.1 Å². The van der Waals surface area contributed by atoms with E-state index in [0.717, 1.165) is 24.2 Å². The van der Waals surface area contributed by atoms with Crippen LogP contribution in [0, 0.1) is 0 Å². The maximum atomic E-state index is 6.33. The molecule has 19 heavy (non-hydrogen) atoms. The minimum atomic E-state index is 0.612. The summed E-state index contributed by atoms with van der Waals surface area (Å²) in [5.41, 5.74) is 2.11. The second-order valence-corrected chi connectivity index (χ2v) is 6.53. The molecule has 2 heterocycles. The Morgan fingerprint density at radius 3 is 3.11 bits per heavy atom. The first-order valence-corrected chi connectivity index (χ1v) is 8.13. The summed E-state index contributed by atoms with van der Waals surface area (Å²) in [6.07, 6.45) is 0. The van der Waals surface area contributed by atoms with E-state index in [1.54, 1.807) is 0 Å². The molecular formula is C15H17ClN2S. The monoisotopic (exact) mass is 292 g/mol. The number of halogens is 1. The molecule has 1 aromatic heterocycles. The summed E-state index contributed by atoms with van der Waals surface area (Å²) in [5.74, 6) is 2.42. The fourth-order valence-corrected chi connectivity index (χ4v) is 3.75. The van der Waals surface area contributed by atoms with Crippen LogP contribution in [-0.2, 0) is 6.54 Å². The average molecular weight is 293 g/mol. The summed E-state index contributed by atoms with van der Waals surface area (Å²) in [7, 11) is 0. The Morgan fingerprint density at radius 2 is 2.26 bits per heavy atom. The number of nitrogens with zero attached hydrogens (tertiary/aromatic N) is 2. The Morgan fingerprint density at radius 1 is 1.42 bits per heavy atom. The minimum Gasteiger partial charge on any atom is -0.295 e. The number of aromatic nitrogens is 1. The van der Waals surface area contributed by atoms with E-state index in [2.05, 4.69) is 28.9 Å². The molecule has 1 atom stereocenters. The summed E-state index contributed by atoms with van der Waals surface area (Å²) in [6, 6.07) is 10.9. The molecule has 0 saturated carbocycles. The fraction of sp³-hybridized carbons (Fsp3) is 0.400. The van der Waals surface area contributed by atoms with Gasteiger partial charge in [0.05, 0.1) is 5.52 Å². The third-order valence-electron chi connectivity index (χ3n) is 3.63. The van der Waals surface area contributed by atoms with Crippen molar-refractivity contribution in [3.05, 3.63) is 41.0 Å². The number of hydrogen-bond acceptors (Lipinski definition) is 3. The van der Waals surface area contributed by atoms with Gasteiger partial charge in [0.15, 0.2) is 0 Å². The van der Waals surface area contributed by atoms with E-state index < -0.39 is 0 Å². The molecule has 1 fully saturated rings. The number of fused-ring (bicyclic) bond motifs is 1. The number of hydrogen-bond donors (Lipinski definition) is 0. The molecule has 1 aromatic carbocycles. The molecule has 0 N–H and O–H groups in total. The molecule has 4 heteroatoms. The van der Waals surface area contributed by atoms with Gasteiger partial charge in [0.25, 0.3) is 0 Å². The molecule has 1 aliphatic heterocycles. The van der Waals surface area contributed by atoms with Gasteiger partial charge in [-0.15, -0.1) is 0 Å². The second-order valence-electron chi connectivity index (χ2n) is 5.03. The van der Waals surface area contributed by atoms with Crippen molar-refractivity contribution in [2.24, 2.45) is 0 Å². The lowest BCUT2D eigenvalue weighted by Crippen LogP contribution is -2.39. The van der Waals surface area contributed by atoms with E-state index in [4.69, 9.17) is 11.6 Å². The van der Waals surface area contributed by atoms with Gasteiger partial charge in [-0.1, -0.05) is 29.8 Å². The standard InChI is InChI=1S/C15H17ClN2S/c1-11-10-19-7-6-18(11)9-13-8-12-4-2-3-5-14(12)17-15(13)16/h2-5,8,11H,6-7,9-10H2,1H3. The summed E-state index contributed by atoms with van der Waals surface area (Å²) in [5, 5.41) is 1.81. The van der Waals surface area contributed by atoms with Crippen molar-refractivity contribution in [2.75, 3.05) is 18.1 Å². The van der Waals surface area contributed by atoms with Crippen molar-refractivity contribution < 1.29 is 0 Å². The van der Waals surface area contributed by atoms with Crippen molar-refractivity contribution in [3.8, 4) is 0 Å². The zero-order chi connectivity index (χ0) is 13.2. The van der Waals surface area contributed by atoms with Crippen molar-refractivity contribution in [1.82, 2.24) is 9.88 Å². The number of para-hydroxylation sites is 1. The zero-order valence-electron chi connectivity index (χ0n) is 11.0. The predicted molar refractivity (Wildman–Crippen MR) is 84.0 cm³/mol. The van der Waals surface area contributed by atoms with Crippen LogP contribution in [0.2, 0.25) is 5.15 Å². The van der Waals surface area contributed by atoms with Crippen LogP contribution in [0.3, 0.4) is 0 Å². The lowest BCUT2D eigenvalue weighted by molar-refractivity contribution is 0.224. The van der Waals surface area contributed by atoms with Crippen LogP contribution in [0.4, 0.5) is 0 Å². The number of thioether (sulfide) groups is 1. The molecule has 2 aromatic rings. The van der Waals surface area contributed by atoms with E-state index in [1.165, 1.54) is 16.9 Å². The number of benzene rings is 1. The molecule has 1 saturated heterocycles. The summed E-state index contributed by atoms with van der Waals surface area (Å²) >= 11 is 8.36. The van der Waals surface area contributed by atoms with Gasteiger partial charge in [0, 0.05) is 41.6 Å². The van der Waals surface area contributed by atoms with Gasteiger partial charge in [-0.3, -0.25) is 4.90 Å². The third kappa shape index (κ3) is 2.88. The third-order valence-corrected chi connectivity index (χ3v) is 5.15. The molecule has 0 bridgehead atoms. The van der Waals surface area contributed by atoms with Crippen LogP contribution < -0.4 is 0 Å². The number of pyridine rings is 1. The predicted octanol–water partition coefficient (Wildman–Crippen LogP) is 3.83. The molecule has 0 aliphatic carbocycles. The van der Waals surface area contributed by atoms with Crippen LogP contribution in [0.15, 0.2) is 30.3 Å². The van der Waals surface area contributed by atoms with Crippen LogP contribution in [0.1, 0.15) is 12.5 Å². The molecule has 1 unspecified atom stereocenters. The Hall–Kier alpha value is -0.770. The molecule has 1 aliphatic rings. The molecule has 0 radical (unpaired) electrons. The van der Waals surface area contributed by atoms with Gasteiger partial charge in [-0.2, -0.15) is 11.8 Å².